The molecule has 0 atom stereocenters. The van der Waals surface area contributed by atoms with Crippen molar-refractivity contribution >= 4 is 17.5 Å². The molecule has 112 valence electrons. The molecule has 0 fully saturated rings. The predicted molar refractivity (Wildman–Crippen MR) is 87.0 cm³/mol. The zero-order chi connectivity index (χ0) is 15.5. The maximum absolute atomic E-state index is 4.38. The van der Waals surface area contributed by atoms with Gasteiger partial charge in [-0.25, -0.2) is 0 Å². The number of hydrogen-bond acceptors (Lipinski definition) is 5. The Morgan fingerprint density at radius 3 is 2.29 bits per heavy atom. The van der Waals surface area contributed by atoms with Gasteiger partial charge < -0.3 is 10.6 Å². The third kappa shape index (κ3) is 4.41. The maximum Gasteiger partial charge on any atom is 0.249 e. The molecule has 0 saturated heterocycles. The Morgan fingerprint density at radius 2 is 1.71 bits per heavy atom. The van der Waals surface area contributed by atoms with Crippen molar-refractivity contribution in [2.75, 3.05) is 10.6 Å². The second-order valence-corrected chi connectivity index (χ2v) is 6.42. The standard InChI is InChI=1S/C16H23N5/c1-11(2)18-14-10-17-21-15(20-14)19-13-8-6-12(7-9-13)16(3,4)5/h6-11H,1-5H3,(H2,18,19,20,21). The summed E-state index contributed by atoms with van der Waals surface area (Å²) >= 11 is 0. The Morgan fingerprint density at radius 1 is 1.05 bits per heavy atom. The molecule has 0 aliphatic heterocycles. The van der Waals surface area contributed by atoms with E-state index in [4.69, 9.17) is 0 Å². The van der Waals surface area contributed by atoms with E-state index in [-0.39, 0.29) is 5.41 Å². The van der Waals surface area contributed by atoms with Crippen molar-refractivity contribution in [2.45, 2.75) is 46.1 Å². The van der Waals surface area contributed by atoms with E-state index >= 15 is 0 Å². The van der Waals surface area contributed by atoms with Crippen molar-refractivity contribution in [3.05, 3.63) is 36.0 Å². The quantitative estimate of drug-likeness (QED) is 0.896. The second-order valence-electron chi connectivity index (χ2n) is 6.42. The summed E-state index contributed by atoms with van der Waals surface area (Å²) in [6.45, 7) is 10.7. The highest BCUT2D eigenvalue weighted by Gasteiger charge is 2.13. The minimum absolute atomic E-state index is 0.150. The van der Waals surface area contributed by atoms with Gasteiger partial charge in [0.1, 0.15) is 0 Å². The molecular weight excluding hydrogens is 262 g/mol. The van der Waals surface area contributed by atoms with Gasteiger partial charge in [-0.05, 0) is 37.0 Å². The lowest BCUT2D eigenvalue weighted by Crippen LogP contribution is -2.12. The molecule has 2 aromatic rings. The molecule has 21 heavy (non-hydrogen) atoms. The molecule has 2 N–H and O–H groups in total. The monoisotopic (exact) mass is 285 g/mol. The van der Waals surface area contributed by atoms with E-state index in [2.05, 4.69) is 72.6 Å². The minimum atomic E-state index is 0.150. The Labute approximate surface area is 126 Å². The van der Waals surface area contributed by atoms with Gasteiger partial charge in [-0.15, -0.1) is 5.10 Å². The predicted octanol–water partition coefficient (Wildman–Crippen LogP) is 3.73. The summed E-state index contributed by atoms with van der Waals surface area (Å²) in [5.41, 5.74) is 2.39. The van der Waals surface area contributed by atoms with Crippen LogP contribution in [0.25, 0.3) is 0 Å². The third-order valence-electron chi connectivity index (χ3n) is 3.00. The van der Waals surface area contributed by atoms with Gasteiger partial charge in [-0.3, -0.25) is 0 Å². The number of benzene rings is 1. The van der Waals surface area contributed by atoms with Crippen LogP contribution in [0, 0.1) is 0 Å². The summed E-state index contributed by atoms with van der Waals surface area (Å²) in [6, 6.07) is 8.61. The summed E-state index contributed by atoms with van der Waals surface area (Å²) < 4.78 is 0. The number of nitrogens with one attached hydrogen (secondary N) is 2. The molecule has 5 heteroatoms. The van der Waals surface area contributed by atoms with Gasteiger partial charge in [0.25, 0.3) is 0 Å². The average Bonchev–Trinajstić information content (AvgIpc) is 2.38. The van der Waals surface area contributed by atoms with Crippen LogP contribution in [0.4, 0.5) is 17.5 Å². The lowest BCUT2D eigenvalue weighted by Gasteiger charge is -2.19. The third-order valence-corrected chi connectivity index (χ3v) is 3.00. The normalized spacial score (nSPS) is 11.5. The van der Waals surface area contributed by atoms with Gasteiger partial charge in [0.2, 0.25) is 5.95 Å². The molecule has 0 amide bonds. The number of hydrogen-bond donors (Lipinski definition) is 2. The summed E-state index contributed by atoms with van der Waals surface area (Å²) in [5, 5.41) is 14.3. The van der Waals surface area contributed by atoms with Gasteiger partial charge >= 0.3 is 0 Å². The second kappa shape index (κ2) is 6.08. The van der Waals surface area contributed by atoms with Crippen LogP contribution in [0.5, 0.6) is 0 Å². The molecule has 0 aliphatic rings. The minimum Gasteiger partial charge on any atom is -0.366 e. The topological polar surface area (TPSA) is 62.7 Å². The first-order valence-electron chi connectivity index (χ1n) is 7.18. The summed E-state index contributed by atoms with van der Waals surface area (Å²) in [4.78, 5) is 4.38. The first kappa shape index (κ1) is 15.2. The Balaban J connectivity index is 2.11. The summed E-state index contributed by atoms with van der Waals surface area (Å²) in [5.74, 6) is 1.21. The van der Waals surface area contributed by atoms with Gasteiger partial charge in [-0.1, -0.05) is 32.9 Å². The van der Waals surface area contributed by atoms with Crippen molar-refractivity contribution in [3.63, 3.8) is 0 Å². The van der Waals surface area contributed by atoms with Crippen molar-refractivity contribution in [1.29, 1.82) is 0 Å². The molecule has 5 nitrogen and oxygen atoms in total. The number of aromatic nitrogens is 3. The highest BCUT2D eigenvalue weighted by molar-refractivity contribution is 5.55. The van der Waals surface area contributed by atoms with Crippen LogP contribution >= 0.6 is 0 Å². The first-order valence-corrected chi connectivity index (χ1v) is 7.18. The van der Waals surface area contributed by atoms with Crippen LogP contribution in [0.1, 0.15) is 40.2 Å². The fraction of sp³-hybridized carbons (Fsp3) is 0.438. The van der Waals surface area contributed by atoms with Crippen molar-refractivity contribution < 1.29 is 0 Å². The molecule has 1 aromatic carbocycles. The molecule has 0 bridgehead atoms. The number of anilines is 3. The zero-order valence-corrected chi connectivity index (χ0v) is 13.3. The maximum atomic E-state index is 4.38. The summed E-state index contributed by atoms with van der Waals surface area (Å²) in [7, 11) is 0. The van der Waals surface area contributed by atoms with E-state index < -0.39 is 0 Å². The fourth-order valence-corrected chi connectivity index (χ4v) is 1.90. The van der Waals surface area contributed by atoms with E-state index in [9.17, 15) is 0 Å². The van der Waals surface area contributed by atoms with Crippen molar-refractivity contribution in [2.24, 2.45) is 0 Å². The van der Waals surface area contributed by atoms with Gasteiger partial charge in [0.15, 0.2) is 5.82 Å². The van der Waals surface area contributed by atoms with E-state index in [1.165, 1.54) is 5.56 Å². The lowest BCUT2D eigenvalue weighted by molar-refractivity contribution is 0.590. The molecule has 0 spiro atoms. The zero-order valence-electron chi connectivity index (χ0n) is 13.3. The molecule has 1 heterocycles. The van der Waals surface area contributed by atoms with Crippen LogP contribution in [0.3, 0.4) is 0 Å². The SMILES string of the molecule is CC(C)Nc1cnnc(Nc2ccc(C(C)(C)C)cc2)n1. The van der Waals surface area contributed by atoms with E-state index in [1.54, 1.807) is 6.20 Å². The molecule has 1 aromatic heterocycles. The van der Waals surface area contributed by atoms with E-state index in [0.29, 0.717) is 17.8 Å². The van der Waals surface area contributed by atoms with Gasteiger partial charge in [0.05, 0.1) is 6.20 Å². The Hall–Kier alpha value is -2.17. The highest BCUT2D eigenvalue weighted by Crippen LogP contribution is 2.24. The van der Waals surface area contributed by atoms with Crippen molar-refractivity contribution in [3.8, 4) is 0 Å². The molecule has 0 radical (unpaired) electrons. The van der Waals surface area contributed by atoms with E-state index in [1.807, 2.05) is 12.1 Å². The largest absolute Gasteiger partial charge is 0.366 e. The van der Waals surface area contributed by atoms with Crippen LogP contribution in [0.15, 0.2) is 30.5 Å². The van der Waals surface area contributed by atoms with Crippen LogP contribution in [0.2, 0.25) is 0 Å². The van der Waals surface area contributed by atoms with Gasteiger partial charge in [-0.2, -0.15) is 10.1 Å². The van der Waals surface area contributed by atoms with Crippen LogP contribution in [-0.4, -0.2) is 21.2 Å². The Kier molecular flexibility index (Phi) is 4.40. The highest BCUT2D eigenvalue weighted by atomic mass is 15.3. The average molecular weight is 285 g/mol. The fourth-order valence-electron chi connectivity index (χ4n) is 1.90. The number of nitrogens with zero attached hydrogens (tertiary/aromatic N) is 3. The van der Waals surface area contributed by atoms with Crippen LogP contribution in [-0.2, 0) is 5.41 Å². The summed E-state index contributed by atoms with van der Waals surface area (Å²) in [6.07, 6.45) is 1.62. The number of rotatable bonds is 4. The molecule has 0 aliphatic carbocycles. The van der Waals surface area contributed by atoms with Crippen LogP contribution < -0.4 is 10.6 Å². The molecule has 0 saturated carbocycles. The smallest absolute Gasteiger partial charge is 0.249 e. The first-order chi connectivity index (χ1) is 9.84. The van der Waals surface area contributed by atoms with E-state index in [0.717, 1.165) is 5.69 Å². The molecule has 0 unspecified atom stereocenters. The van der Waals surface area contributed by atoms with Gasteiger partial charge in [0, 0.05) is 11.7 Å². The lowest BCUT2D eigenvalue weighted by atomic mass is 9.87. The Bertz CT molecular complexity index is 584. The molecular formula is C16H23N5. The molecule has 2 rings (SSSR count). The van der Waals surface area contributed by atoms with Crippen molar-refractivity contribution in [1.82, 2.24) is 15.2 Å².